The van der Waals surface area contributed by atoms with Gasteiger partial charge in [-0.2, -0.15) is 5.10 Å². The van der Waals surface area contributed by atoms with Crippen molar-refractivity contribution in [2.45, 2.75) is 13.5 Å². The molecule has 3 heterocycles. The van der Waals surface area contributed by atoms with E-state index in [1.807, 2.05) is 53.9 Å². The number of benzene rings is 2. The molecular weight excluding hydrogens is 386 g/mol. The Kier molecular flexibility index (Phi) is 4.53. The maximum Gasteiger partial charge on any atom is 0.259 e. The number of aromatic amines is 1. The molecule has 0 amide bonds. The molecule has 1 aliphatic heterocycles. The topological polar surface area (TPSA) is 56.6 Å². The highest BCUT2D eigenvalue weighted by Gasteiger charge is 2.22. The van der Waals surface area contributed by atoms with Crippen LogP contribution in [0.1, 0.15) is 11.3 Å². The van der Waals surface area contributed by atoms with Crippen LogP contribution in [-0.4, -0.2) is 45.7 Å². The lowest BCUT2D eigenvalue weighted by Gasteiger charge is -2.36. The molecule has 1 fully saturated rings. The van der Waals surface area contributed by atoms with Crippen molar-refractivity contribution in [3.8, 4) is 0 Å². The van der Waals surface area contributed by atoms with Gasteiger partial charge in [0.15, 0.2) is 0 Å². The highest BCUT2D eigenvalue weighted by Crippen LogP contribution is 2.27. The molecule has 0 saturated carbocycles. The number of nitrogens with zero attached hydrogens (tertiary/aromatic N) is 4. The highest BCUT2D eigenvalue weighted by atomic mass is 35.5. The van der Waals surface area contributed by atoms with E-state index in [2.05, 4.69) is 20.9 Å². The smallest absolute Gasteiger partial charge is 0.259 e. The van der Waals surface area contributed by atoms with Crippen molar-refractivity contribution < 1.29 is 0 Å². The molecule has 0 atom stereocenters. The summed E-state index contributed by atoms with van der Waals surface area (Å²) >= 11 is 6.36. The van der Waals surface area contributed by atoms with Gasteiger partial charge in [-0.3, -0.25) is 9.69 Å². The zero-order chi connectivity index (χ0) is 20.0. The summed E-state index contributed by atoms with van der Waals surface area (Å²) in [7, 11) is 0. The molecule has 1 saturated heterocycles. The van der Waals surface area contributed by atoms with Crippen molar-refractivity contribution in [3.05, 3.63) is 75.2 Å². The number of nitrogens with one attached hydrogen (secondary N) is 1. The van der Waals surface area contributed by atoms with Crippen molar-refractivity contribution in [2.24, 2.45) is 0 Å². The number of piperazine rings is 1. The van der Waals surface area contributed by atoms with Gasteiger partial charge in [0.1, 0.15) is 5.65 Å². The van der Waals surface area contributed by atoms with Crippen LogP contribution in [0.25, 0.3) is 16.6 Å². The first-order valence-electron chi connectivity index (χ1n) is 9.83. The van der Waals surface area contributed by atoms with Gasteiger partial charge in [0, 0.05) is 38.3 Å². The maximum atomic E-state index is 12.5. The minimum atomic E-state index is -0.0715. The number of H-pyrrole nitrogens is 1. The third-order valence-corrected chi connectivity index (χ3v) is 6.06. The van der Waals surface area contributed by atoms with Crippen LogP contribution in [0.15, 0.2) is 53.3 Å². The second kappa shape index (κ2) is 7.21. The lowest BCUT2D eigenvalue weighted by Crippen LogP contribution is -2.46. The first-order valence-corrected chi connectivity index (χ1v) is 10.2. The van der Waals surface area contributed by atoms with Crippen molar-refractivity contribution in [2.75, 3.05) is 31.1 Å². The van der Waals surface area contributed by atoms with Crippen molar-refractivity contribution in [3.63, 3.8) is 0 Å². The van der Waals surface area contributed by atoms with Gasteiger partial charge in [0.2, 0.25) is 0 Å². The largest absolute Gasteiger partial charge is 0.368 e. The van der Waals surface area contributed by atoms with Crippen molar-refractivity contribution in [1.82, 2.24) is 19.5 Å². The summed E-state index contributed by atoms with van der Waals surface area (Å²) in [4.78, 5) is 20.3. The molecule has 148 valence electrons. The highest BCUT2D eigenvalue weighted by molar-refractivity contribution is 6.33. The predicted molar refractivity (Wildman–Crippen MR) is 117 cm³/mol. The molecule has 1 aliphatic rings. The number of aromatic nitrogens is 3. The molecule has 1 N–H and O–H groups in total. The number of aryl methyl sites for hydroxylation is 1. The summed E-state index contributed by atoms with van der Waals surface area (Å²) in [6, 6.07) is 15.6. The third kappa shape index (κ3) is 3.18. The number of hydrogen-bond acceptors (Lipinski definition) is 4. The summed E-state index contributed by atoms with van der Waals surface area (Å²) in [6.07, 6.45) is 0. The molecule has 0 radical (unpaired) electrons. The average molecular weight is 408 g/mol. The van der Waals surface area contributed by atoms with Gasteiger partial charge >= 0.3 is 0 Å². The average Bonchev–Trinajstić information content (AvgIpc) is 3.05. The normalized spacial score (nSPS) is 15.4. The summed E-state index contributed by atoms with van der Waals surface area (Å²) in [5, 5.41) is 6.16. The van der Waals surface area contributed by atoms with Gasteiger partial charge in [-0.1, -0.05) is 35.9 Å². The fourth-order valence-corrected chi connectivity index (χ4v) is 4.41. The van der Waals surface area contributed by atoms with Crippen LogP contribution in [-0.2, 0) is 6.54 Å². The van der Waals surface area contributed by atoms with E-state index in [0.717, 1.165) is 65.9 Å². The first kappa shape index (κ1) is 18.2. The molecule has 4 aromatic rings. The molecule has 2 aromatic heterocycles. The maximum absolute atomic E-state index is 12.5. The van der Waals surface area contributed by atoms with E-state index in [0.29, 0.717) is 5.39 Å². The van der Waals surface area contributed by atoms with Crippen LogP contribution in [0.3, 0.4) is 0 Å². The van der Waals surface area contributed by atoms with Crippen molar-refractivity contribution in [1.29, 1.82) is 0 Å². The molecule has 5 rings (SSSR count). The molecule has 7 heteroatoms. The number of fused-ring (bicyclic) bond motifs is 3. The Morgan fingerprint density at radius 1 is 1.03 bits per heavy atom. The van der Waals surface area contributed by atoms with Gasteiger partial charge < -0.3 is 9.88 Å². The van der Waals surface area contributed by atoms with Crippen LogP contribution in [0.2, 0.25) is 5.02 Å². The minimum Gasteiger partial charge on any atom is -0.368 e. The van der Waals surface area contributed by atoms with Crippen LogP contribution in [0, 0.1) is 6.92 Å². The fourth-order valence-electron chi connectivity index (χ4n) is 4.16. The van der Waals surface area contributed by atoms with Gasteiger partial charge in [0.25, 0.3) is 5.56 Å². The van der Waals surface area contributed by atoms with Gasteiger partial charge in [-0.05, 0) is 31.2 Å². The Hall–Kier alpha value is -2.83. The minimum absolute atomic E-state index is 0.0715. The Labute approximate surface area is 173 Å². The van der Waals surface area contributed by atoms with Crippen molar-refractivity contribution >= 4 is 33.8 Å². The van der Waals surface area contributed by atoms with Gasteiger partial charge in [0.05, 0.1) is 27.3 Å². The molecule has 29 heavy (non-hydrogen) atoms. The molecule has 0 spiro atoms. The van der Waals surface area contributed by atoms with E-state index in [9.17, 15) is 4.79 Å². The summed E-state index contributed by atoms with van der Waals surface area (Å²) < 4.78 is 1.86. The second-order valence-corrected chi connectivity index (χ2v) is 7.92. The van der Waals surface area contributed by atoms with Crippen LogP contribution >= 0.6 is 11.6 Å². The van der Waals surface area contributed by atoms with E-state index in [4.69, 9.17) is 16.7 Å². The standard InChI is InChI=1S/C22H22ClN5O/c1-15-17(21-24-22(29)16-6-2-4-8-19(16)28(21)25-15)14-26-10-12-27(13-11-26)20-9-5-3-7-18(20)23/h2-9H,10-14H2,1H3,(H,24,29). The van der Waals surface area contributed by atoms with E-state index in [-0.39, 0.29) is 5.56 Å². The summed E-state index contributed by atoms with van der Waals surface area (Å²) in [6.45, 7) is 6.47. The van der Waals surface area contributed by atoms with Gasteiger partial charge in [-0.15, -0.1) is 0 Å². The van der Waals surface area contributed by atoms with E-state index >= 15 is 0 Å². The Bertz CT molecular complexity index is 1250. The molecule has 6 nitrogen and oxygen atoms in total. The van der Waals surface area contributed by atoms with E-state index in [1.54, 1.807) is 0 Å². The summed E-state index contributed by atoms with van der Waals surface area (Å²) in [5.74, 6) is 0. The SMILES string of the molecule is Cc1nn2c([nH]c(=O)c3ccccc32)c1CN1CCN(c2ccccc2Cl)CC1. The third-order valence-electron chi connectivity index (χ3n) is 5.74. The van der Waals surface area contributed by atoms with Crippen LogP contribution < -0.4 is 10.5 Å². The number of rotatable bonds is 3. The Balaban J connectivity index is 1.41. The van der Waals surface area contributed by atoms with Gasteiger partial charge in [-0.25, -0.2) is 4.52 Å². The quantitative estimate of drug-likeness (QED) is 0.565. The predicted octanol–water partition coefficient (Wildman–Crippen LogP) is 3.46. The number of hydrogen-bond donors (Lipinski definition) is 1. The second-order valence-electron chi connectivity index (χ2n) is 7.51. The lowest BCUT2D eigenvalue weighted by molar-refractivity contribution is 0.250. The molecule has 0 unspecified atom stereocenters. The van der Waals surface area contributed by atoms with Crippen LogP contribution in [0.4, 0.5) is 5.69 Å². The number of para-hydroxylation sites is 2. The number of anilines is 1. The van der Waals surface area contributed by atoms with E-state index in [1.165, 1.54) is 0 Å². The zero-order valence-electron chi connectivity index (χ0n) is 16.2. The lowest BCUT2D eigenvalue weighted by atomic mass is 10.2. The van der Waals surface area contributed by atoms with Crippen LogP contribution in [0.5, 0.6) is 0 Å². The first-order chi connectivity index (χ1) is 14.1. The molecule has 0 bridgehead atoms. The molecule has 0 aliphatic carbocycles. The summed E-state index contributed by atoms with van der Waals surface area (Å²) in [5.41, 5.74) is 4.68. The van der Waals surface area contributed by atoms with E-state index < -0.39 is 0 Å². The Morgan fingerprint density at radius 2 is 1.76 bits per heavy atom. The zero-order valence-corrected chi connectivity index (χ0v) is 17.0. The molecule has 2 aromatic carbocycles. The number of halogens is 1. The molecular formula is C22H22ClN5O. The fraction of sp³-hybridized carbons (Fsp3) is 0.273. The Morgan fingerprint density at radius 3 is 2.55 bits per heavy atom. The monoisotopic (exact) mass is 407 g/mol.